The van der Waals surface area contributed by atoms with E-state index in [-0.39, 0.29) is 36.2 Å². The van der Waals surface area contributed by atoms with Gasteiger partial charge >= 0.3 is 5.97 Å². The van der Waals surface area contributed by atoms with Crippen LogP contribution >= 0.6 is 0 Å². The normalized spacial score (nSPS) is 31.8. The maximum atomic E-state index is 13.2. The molecular weight excluding hydrogens is 596 g/mol. The fourth-order valence-corrected chi connectivity index (χ4v) is 10.5. The Morgan fingerprint density at radius 2 is 1.65 bits per heavy atom. The van der Waals surface area contributed by atoms with Crippen molar-refractivity contribution in [2.24, 2.45) is 57.8 Å². The van der Waals surface area contributed by atoms with Gasteiger partial charge in [0.2, 0.25) is 5.91 Å². The number of carbonyl (C=O) groups is 2. The van der Waals surface area contributed by atoms with E-state index in [0.29, 0.717) is 43.4 Å². The molecule has 0 aromatic heterocycles. The second-order valence-corrected chi connectivity index (χ2v) is 17.3. The number of fused-ring (bicyclic) bond motifs is 5. The van der Waals surface area contributed by atoms with Gasteiger partial charge in [0, 0.05) is 25.9 Å². The van der Waals surface area contributed by atoms with Gasteiger partial charge in [-0.3, -0.25) is 9.59 Å². The Morgan fingerprint density at radius 1 is 0.896 bits per heavy atom. The van der Waals surface area contributed by atoms with E-state index >= 15 is 0 Å². The SMILES string of the molecule is CC(C)CCC[C@@H](C)C1C=C2CC(OC(=O)CCC(=O)N(CCCN)CCCCNCCCN)CCC2(C)C2CCC3(C)CCCC3C12. The molecule has 3 fully saturated rings. The number of esters is 1. The lowest BCUT2D eigenvalue weighted by molar-refractivity contribution is -0.153. The van der Waals surface area contributed by atoms with Gasteiger partial charge < -0.3 is 26.4 Å². The highest BCUT2D eigenvalue weighted by Crippen LogP contribution is 2.67. The summed E-state index contributed by atoms with van der Waals surface area (Å²) >= 11 is 0. The highest BCUT2D eigenvalue weighted by atomic mass is 16.5. The highest BCUT2D eigenvalue weighted by molar-refractivity contribution is 5.81. The smallest absolute Gasteiger partial charge is 0.306 e. The van der Waals surface area contributed by atoms with Gasteiger partial charge in [-0.25, -0.2) is 0 Å². The van der Waals surface area contributed by atoms with E-state index in [4.69, 9.17) is 16.2 Å². The van der Waals surface area contributed by atoms with Crippen LogP contribution in [-0.4, -0.2) is 62.1 Å². The number of nitrogens with two attached hydrogens (primary N) is 2. The Kier molecular flexibility index (Phi) is 15.3. The van der Waals surface area contributed by atoms with Crippen LogP contribution in [0.2, 0.25) is 0 Å². The molecule has 0 saturated heterocycles. The van der Waals surface area contributed by atoms with Crippen LogP contribution in [0.3, 0.4) is 0 Å². The van der Waals surface area contributed by atoms with Crippen molar-refractivity contribution in [2.45, 2.75) is 150 Å². The summed E-state index contributed by atoms with van der Waals surface area (Å²) in [5.41, 5.74) is 13.7. The van der Waals surface area contributed by atoms with Crippen LogP contribution in [0.4, 0.5) is 0 Å². The van der Waals surface area contributed by atoms with Crippen molar-refractivity contribution in [1.29, 1.82) is 0 Å². The molecule has 7 heteroatoms. The molecule has 4 aliphatic rings. The lowest BCUT2D eigenvalue weighted by atomic mass is 9.45. The minimum atomic E-state index is -0.216. The lowest BCUT2D eigenvalue weighted by Crippen LogP contribution is -2.53. The number of nitrogens with one attached hydrogen (secondary N) is 1. The largest absolute Gasteiger partial charge is 0.462 e. The van der Waals surface area contributed by atoms with Gasteiger partial charge in [0.15, 0.2) is 0 Å². The summed E-state index contributed by atoms with van der Waals surface area (Å²) in [6.07, 6.45) is 20.6. The summed E-state index contributed by atoms with van der Waals surface area (Å²) in [6, 6.07) is 0. The predicted octanol–water partition coefficient (Wildman–Crippen LogP) is 7.62. The minimum Gasteiger partial charge on any atom is -0.462 e. The Bertz CT molecular complexity index is 1050. The van der Waals surface area contributed by atoms with Gasteiger partial charge in [0.25, 0.3) is 0 Å². The second kappa shape index (κ2) is 18.7. The van der Waals surface area contributed by atoms with Crippen molar-refractivity contribution in [3.8, 4) is 0 Å². The molecule has 0 radical (unpaired) electrons. The monoisotopic (exact) mass is 671 g/mol. The van der Waals surface area contributed by atoms with Crippen molar-refractivity contribution < 1.29 is 14.3 Å². The number of hydrogen-bond acceptors (Lipinski definition) is 6. The molecule has 0 aromatic rings. The molecule has 48 heavy (non-hydrogen) atoms. The van der Waals surface area contributed by atoms with E-state index in [0.717, 1.165) is 81.7 Å². The molecule has 0 spiro atoms. The number of amides is 1. The molecule has 3 saturated carbocycles. The van der Waals surface area contributed by atoms with Crippen molar-refractivity contribution in [3.05, 3.63) is 11.6 Å². The molecule has 1 amide bonds. The standard InChI is InChI=1S/C41H74N4O3/c1-30(2)12-8-13-31(3)34-29-32-28-33(17-21-41(32,5)36-18-20-40(4)19-9-14-35(40)39(34)36)48-38(47)16-15-37(46)45(27-11-23-43)26-7-6-24-44-25-10-22-42/h29-31,33-36,39,44H,6-28,42-43H2,1-5H3/t31-,33?,34?,35?,36?,39?,40?,41?/m1/s1. The van der Waals surface area contributed by atoms with Crippen molar-refractivity contribution in [1.82, 2.24) is 10.2 Å². The number of hydrogen-bond donors (Lipinski definition) is 3. The highest BCUT2D eigenvalue weighted by Gasteiger charge is 2.59. The van der Waals surface area contributed by atoms with E-state index < -0.39 is 0 Å². The molecule has 0 bridgehead atoms. The van der Waals surface area contributed by atoms with Gasteiger partial charge in [-0.15, -0.1) is 0 Å². The third-order valence-electron chi connectivity index (χ3n) is 13.5. The number of carbonyl (C=O) groups excluding carboxylic acids is 2. The van der Waals surface area contributed by atoms with Crippen LogP contribution in [0.15, 0.2) is 11.6 Å². The van der Waals surface area contributed by atoms with Crippen LogP contribution in [0, 0.1) is 46.3 Å². The first kappa shape index (κ1) is 39.3. The quantitative estimate of drug-likeness (QED) is 0.0699. The molecule has 276 valence electrons. The van der Waals surface area contributed by atoms with E-state index in [1.807, 2.05) is 4.90 Å². The Labute approximate surface area is 294 Å². The Balaban J connectivity index is 1.35. The van der Waals surface area contributed by atoms with E-state index in [1.165, 1.54) is 51.4 Å². The van der Waals surface area contributed by atoms with Gasteiger partial charge in [-0.2, -0.15) is 0 Å². The summed E-state index contributed by atoms with van der Waals surface area (Å²) in [7, 11) is 0. The average molecular weight is 671 g/mol. The molecule has 4 rings (SSSR count). The van der Waals surface area contributed by atoms with Crippen LogP contribution in [-0.2, 0) is 14.3 Å². The van der Waals surface area contributed by atoms with Gasteiger partial charge in [0.05, 0.1) is 6.42 Å². The van der Waals surface area contributed by atoms with E-state index in [1.54, 1.807) is 5.57 Å². The summed E-state index contributed by atoms with van der Waals surface area (Å²) in [5, 5.41) is 3.41. The Hall–Kier alpha value is -1.44. The molecule has 8 atom stereocenters. The maximum Gasteiger partial charge on any atom is 0.306 e. The van der Waals surface area contributed by atoms with Crippen LogP contribution in [0.25, 0.3) is 0 Å². The maximum absolute atomic E-state index is 13.2. The fraction of sp³-hybridized carbons (Fsp3) is 0.902. The van der Waals surface area contributed by atoms with Crippen molar-refractivity contribution >= 4 is 11.9 Å². The number of unbranched alkanes of at least 4 members (excludes halogenated alkanes) is 1. The van der Waals surface area contributed by atoms with Crippen molar-refractivity contribution in [2.75, 3.05) is 39.3 Å². The number of nitrogens with zero attached hydrogens (tertiary/aromatic N) is 1. The van der Waals surface area contributed by atoms with Gasteiger partial charge in [-0.1, -0.05) is 72.0 Å². The molecule has 0 aliphatic heterocycles. The van der Waals surface area contributed by atoms with Crippen LogP contribution in [0.1, 0.15) is 144 Å². The summed E-state index contributed by atoms with van der Waals surface area (Å²) < 4.78 is 6.16. The van der Waals surface area contributed by atoms with Gasteiger partial charge in [-0.05, 0) is 137 Å². The fourth-order valence-electron chi connectivity index (χ4n) is 10.5. The summed E-state index contributed by atoms with van der Waals surface area (Å²) in [6.45, 7) is 16.9. The zero-order chi connectivity index (χ0) is 34.7. The second-order valence-electron chi connectivity index (χ2n) is 17.3. The van der Waals surface area contributed by atoms with E-state index in [2.05, 4.69) is 46.0 Å². The molecule has 0 heterocycles. The molecule has 0 aromatic carbocycles. The molecular formula is C41H74N4O3. The minimum absolute atomic E-state index is 0.0410. The Morgan fingerprint density at radius 3 is 2.40 bits per heavy atom. The number of allylic oxidation sites excluding steroid dienone is 1. The van der Waals surface area contributed by atoms with Gasteiger partial charge in [0.1, 0.15) is 6.10 Å². The number of ether oxygens (including phenoxy) is 1. The van der Waals surface area contributed by atoms with E-state index in [9.17, 15) is 9.59 Å². The molecule has 7 unspecified atom stereocenters. The molecule has 4 aliphatic carbocycles. The van der Waals surface area contributed by atoms with Crippen LogP contribution < -0.4 is 16.8 Å². The topological polar surface area (TPSA) is 111 Å². The zero-order valence-electron chi connectivity index (χ0n) is 31.7. The third kappa shape index (κ3) is 10.1. The first-order chi connectivity index (χ1) is 23.0. The third-order valence-corrected chi connectivity index (χ3v) is 13.5. The van der Waals surface area contributed by atoms with Crippen LogP contribution in [0.5, 0.6) is 0 Å². The molecule has 7 nitrogen and oxygen atoms in total. The first-order valence-electron chi connectivity index (χ1n) is 20.3. The molecule has 5 N–H and O–H groups in total. The first-order valence-corrected chi connectivity index (χ1v) is 20.3. The summed E-state index contributed by atoms with van der Waals surface area (Å²) in [5.74, 6) is 4.34. The lowest BCUT2D eigenvalue weighted by Gasteiger charge is -2.60. The zero-order valence-corrected chi connectivity index (χ0v) is 31.7. The predicted molar refractivity (Wildman–Crippen MR) is 198 cm³/mol. The average Bonchev–Trinajstić information content (AvgIpc) is 3.46. The summed E-state index contributed by atoms with van der Waals surface area (Å²) in [4.78, 5) is 28.2. The number of rotatable bonds is 20. The van der Waals surface area contributed by atoms with Crippen molar-refractivity contribution in [3.63, 3.8) is 0 Å².